The van der Waals surface area contributed by atoms with Crippen molar-refractivity contribution >= 4 is 36.0 Å². The maximum atomic E-state index is 12.0. The molecule has 164 valence electrons. The first-order valence-corrected chi connectivity index (χ1v) is 10.1. The quantitative estimate of drug-likeness (QED) is 0.334. The van der Waals surface area contributed by atoms with Gasteiger partial charge >= 0.3 is 6.09 Å². The van der Waals surface area contributed by atoms with Crippen LogP contribution < -0.4 is 10.6 Å². The first-order chi connectivity index (χ1) is 12.7. The molecule has 0 bridgehead atoms. The van der Waals surface area contributed by atoms with Gasteiger partial charge in [-0.25, -0.2) is 4.79 Å². The molecule has 0 aromatic rings. The van der Waals surface area contributed by atoms with E-state index in [9.17, 15) is 4.79 Å². The lowest BCUT2D eigenvalue weighted by molar-refractivity contribution is -0.0166. The molecule has 0 aliphatic carbocycles. The van der Waals surface area contributed by atoms with Gasteiger partial charge in [-0.15, -0.1) is 24.0 Å². The summed E-state index contributed by atoms with van der Waals surface area (Å²) >= 11 is 0. The molecule has 2 saturated heterocycles. The molecule has 8 nitrogen and oxygen atoms in total. The second-order valence-corrected chi connectivity index (χ2v) is 8.46. The molecule has 1 amide bonds. The number of carbonyl (C=O) groups excluding carboxylic acids is 1. The van der Waals surface area contributed by atoms with Crippen molar-refractivity contribution in [2.75, 3.05) is 45.9 Å². The van der Waals surface area contributed by atoms with E-state index in [2.05, 4.69) is 36.3 Å². The molecule has 28 heavy (non-hydrogen) atoms. The number of hydrogen-bond donors (Lipinski definition) is 2. The summed E-state index contributed by atoms with van der Waals surface area (Å²) in [4.78, 5) is 20.9. The van der Waals surface area contributed by atoms with Crippen LogP contribution in [-0.4, -0.2) is 91.5 Å². The van der Waals surface area contributed by atoms with Crippen molar-refractivity contribution in [1.29, 1.82) is 0 Å². The Bertz CT molecular complexity index is 520. The van der Waals surface area contributed by atoms with Crippen molar-refractivity contribution in [3.05, 3.63) is 0 Å². The SMILES string of the molecule is CCNC(=NCC(C)N1CCOCC1C)NC1CN(C(=O)OC(C)(C)C)C1.I. The van der Waals surface area contributed by atoms with Gasteiger partial charge < -0.3 is 25.0 Å². The number of ether oxygens (including phenoxy) is 2. The van der Waals surface area contributed by atoms with E-state index in [0.29, 0.717) is 25.2 Å². The summed E-state index contributed by atoms with van der Waals surface area (Å²) in [5.74, 6) is 0.805. The Morgan fingerprint density at radius 2 is 2.04 bits per heavy atom. The number of nitrogens with zero attached hydrogens (tertiary/aromatic N) is 3. The lowest BCUT2D eigenvalue weighted by atomic mass is 10.1. The lowest BCUT2D eigenvalue weighted by Crippen LogP contribution is -2.63. The van der Waals surface area contributed by atoms with Gasteiger partial charge in [0.25, 0.3) is 0 Å². The third-order valence-corrected chi connectivity index (χ3v) is 4.72. The molecular weight excluding hydrogens is 473 g/mol. The monoisotopic (exact) mass is 511 g/mol. The van der Waals surface area contributed by atoms with Gasteiger partial charge in [0.1, 0.15) is 5.60 Å². The second-order valence-electron chi connectivity index (χ2n) is 8.46. The van der Waals surface area contributed by atoms with Crippen LogP contribution in [0.3, 0.4) is 0 Å². The van der Waals surface area contributed by atoms with Crippen molar-refractivity contribution in [3.63, 3.8) is 0 Å². The maximum absolute atomic E-state index is 12.0. The molecule has 2 rings (SSSR count). The fraction of sp³-hybridized carbons (Fsp3) is 0.895. The normalized spacial score (nSPS) is 22.7. The number of hydrogen-bond acceptors (Lipinski definition) is 5. The molecule has 2 atom stereocenters. The molecule has 0 aromatic carbocycles. The summed E-state index contributed by atoms with van der Waals surface area (Å²) in [5, 5.41) is 6.71. The molecule has 2 fully saturated rings. The average molecular weight is 511 g/mol. The number of morpholine rings is 1. The molecule has 0 aromatic heterocycles. The zero-order chi connectivity index (χ0) is 20.0. The highest BCUT2D eigenvalue weighted by Gasteiger charge is 2.34. The van der Waals surface area contributed by atoms with E-state index in [1.807, 2.05) is 20.8 Å². The van der Waals surface area contributed by atoms with Gasteiger partial charge in [0.2, 0.25) is 0 Å². The molecule has 2 N–H and O–H groups in total. The van der Waals surface area contributed by atoms with Crippen LogP contribution in [0.4, 0.5) is 4.79 Å². The van der Waals surface area contributed by atoms with Crippen LogP contribution in [0.1, 0.15) is 41.5 Å². The highest BCUT2D eigenvalue weighted by molar-refractivity contribution is 14.0. The third kappa shape index (κ3) is 7.90. The van der Waals surface area contributed by atoms with Crippen molar-refractivity contribution in [2.24, 2.45) is 4.99 Å². The van der Waals surface area contributed by atoms with Crippen LogP contribution in [0, 0.1) is 0 Å². The van der Waals surface area contributed by atoms with E-state index in [0.717, 1.165) is 38.8 Å². The predicted octanol–water partition coefficient (Wildman–Crippen LogP) is 1.89. The molecule has 0 saturated carbocycles. The Morgan fingerprint density at radius 3 is 2.61 bits per heavy atom. The van der Waals surface area contributed by atoms with Gasteiger partial charge in [0.15, 0.2) is 5.96 Å². The van der Waals surface area contributed by atoms with Crippen molar-refractivity contribution in [3.8, 4) is 0 Å². The van der Waals surface area contributed by atoms with E-state index in [-0.39, 0.29) is 36.1 Å². The van der Waals surface area contributed by atoms with E-state index >= 15 is 0 Å². The zero-order valence-electron chi connectivity index (χ0n) is 18.2. The van der Waals surface area contributed by atoms with Crippen LogP contribution in [0.5, 0.6) is 0 Å². The number of halogens is 1. The van der Waals surface area contributed by atoms with Gasteiger partial charge in [-0.1, -0.05) is 0 Å². The van der Waals surface area contributed by atoms with Gasteiger partial charge in [-0.2, -0.15) is 0 Å². The lowest BCUT2D eigenvalue weighted by Gasteiger charge is -2.40. The van der Waals surface area contributed by atoms with E-state index in [1.165, 1.54) is 0 Å². The minimum absolute atomic E-state index is 0. The third-order valence-electron chi connectivity index (χ3n) is 4.72. The van der Waals surface area contributed by atoms with E-state index < -0.39 is 5.60 Å². The highest BCUT2D eigenvalue weighted by atomic mass is 127. The number of amides is 1. The Morgan fingerprint density at radius 1 is 1.36 bits per heavy atom. The molecule has 2 unspecified atom stereocenters. The minimum atomic E-state index is -0.460. The molecule has 2 aliphatic heterocycles. The number of guanidine groups is 1. The summed E-state index contributed by atoms with van der Waals surface area (Å²) in [7, 11) is 0. The van der Waals surface area contributed by atoms with Gasteiger partial charge in [-0.05, 0) is 41.5 Å². The summed E-state index contributed by atoms with van der Waals surface area (Å²) in [6.07, 6.45) is -0.252. The fourth-order valence-electron chi connectivity index (χ4n) is 3.28. The molecular formula is C19H38IN5O3. The Labute approximate surface area is 186 Å². The standard InChI is InChI=1S/C19H37N5O3.HI/c1-7-20-17(21-10-14(2)24-8-9-26-13-15(24)3)22-16-11-23(12-16)18(25)27-19(4,5)6;/h14-16H,7-13H2,1-6H3,(H2,20,21,22);1H. The van der Waals surface area contributed by atoms with E-state index in [4.69, 9.17) is 14.5 Å². The minimum Gasteiger partial charge on any atom is -0.444 e. The first-order valence-electron chi connectivity index (χ1n) is 10.1. The largest absolute Gasteiger partial charge is 0.444 e. The van der Waals surface area contributed by atoms with Gasteiger partial charge in [0, 0.05) is 38.3 Å². The maximum Gasteiger partial charge on any atom is 0.410 e. The Kier molecular flexibility index (Phi) is 10.3. The van der Waals surface area contributed by atoms with Crippen LogP contribution >= 0.6 is 24.0 Å². The summed E-state index contributed by atoms with van der Waals surface area (Å²) in [6.45, 7) is 17.4. The van der Waals surface area contributed by atoms with Crippen molar-refractivity contribution in [2.45, 2.75) is 65.3 Å². The molecule has 0 spiro atoms. The molecule has 0 radical (unpaired) electrons. The number of likely N-dealkylation sites (tertiary alicyclic amines) is 1. The summed E-state index contributed by atoms with van der Waals surface area (Å²) in [6, 6.07) is 0.987. The highest BCUT2D eigenvalue weighted by Crippen LogP contribution is 2.15. The van der Waals surface area contributed by atoms with Crippen LogP contribution in [0.15, 0.2) is 4.99 Å². The van der Waals surface area contributed by atoms with E-state index in [1.54, 1.807) is 4.90 Å². The second kappa shape index (κ2) is 11.4. The van der Waals surface area contributed by atoms with Crippen LogP contribution in [0.25, 0.3) is 0 Å². The number of rotatable bonds is 5. The summed E-state index contributed by atoms with van der Waals surface area (Å²) in [5.41, 5.74) is -0.460. The van der Waals surface area contributed by atoms with Gasteiger partial charge in [-0.3, -0.25) is 9.89 Å². The fourth-order valence-corrected chi connectivity index (χ4v) is 3.28. The van der Waals surface area contributed by atoms with Crippen LogP contribution in [-0.2, 0) is 9.47 Å². The van der Waals surface area contributed by atoms with Crippen LogP contribution in [0.2, 0.25) is 0 Å². The Hall–Kier alpha value is -0.810. The summed E-state index contributed by atoms with van der Waals surface area (Å²) < 4.78 is 10.9. The number of nitrogens with one attached hydrogen (secondary N) is 2. The molecule has 9 heteroatoms. The molecule has 2 heterocycles. The number of aliphatic imine (C=N–C) groups is 1. The van der Waals surface area contributed by atoms with Crippen molar-refractivity contribution < 1.29 is 14.3 Å². The van der Waals surface area contributed by atoms with Crippen molar-refractivity contribution in [1.82, 2.24) is 20.4 Å². The predicted molar refractivity (Wildman–Crippen MR) is 123 cm³/mol. The topological polar surface area (TPSA) is 78.4 Å². The number of carbonyl (C=O) groups is 1. The zero-order valence-corrected chi connectivity index (χ0v) is 20.5. The Balaban J connectivity index is 0.00000392. The smallest absolute Gasteiger partial charge is 0.410 e. The molecule has 2 aliphatic rings. The van der Waals surface area contributed by atoms with Gasteiger partial charge in [0.05, 0.1) is 25.8 Å². The average Bonchev–Trinajstić information content (AvgIpc) is 2.53. The first kappa shape index (κ1) is 25.2.